The Hall–Kier alpha value is -0.390. The maximum absolute atomic E-state index is 4.48. The fourth-order valence-corrected chi connectivity index (χ4v) is 3.56. The molecule has 0 radical (unpaired) electrons. The first-order valence-corrected chi connectivity index (χ1v) is 7.39. The van der Waals surface area contributed by atoms with Crippen molar-refractivity contribution < 1.29 is 0 Å². The number of nitrogens with zero attached hydrogens (tertiary/aromatic N) is 2. The first-order valence-electron chi connectivity index (χ1n) is 4.99. The van der Waals surface area contributed by atoms with E-state index < -0.39 is 0 Å². The van der Waals surface area contributed by atoms with E-state index in [0.29, 0.717) is 0 Å². The van der Waals surface area contributed by atoms with Crippen molar-refractivity contribution in [3.63, 3.8) is 0 Å². The van der Waals surface area contributed by atoms with Gasteiger partial charge in [0.2, 0.25) is 0 Å². The van der Waals surface area contributed by atoms with Gasteiger partial charge in [0.25, 0.3) is 0 Å². The Morgan fingerprint density at radius 1 is 1.12 bits per heavy atom. The molecule has 0 atom stereocenters. The summed E-state index contributed by atoms with van der Waals surface area (Å²) in [4.78, 5) is 8.84. The molecule has 0 spiro atoms. The van der Waals surface area contributed by atoms with Gasteiger partial charge in [0.1, 0.15) is 10.1 Å². The van der Waals surface area contributed by atoms with E-state index in [1.54, 1.807) is 18.0 Å². The molecule has 88 valence electrons. The highest BCUT2D eigenvalue weighted by Gasteiger charge is 2.06. The molecule has 0 aliphatic rings. The van der Waals surface area contributed by atoms with Gasteiger partial charge in [0.05, 0.1) is 4.47 Å². The third-order valence-corrected chi connectivity index (χ3v) is 4.29. The molecule has 0 saturated carbocycles. The number of halogens is 2. The van der Waals surface area contributed by atoms with Crippen LogP contribution in [0, 0.1) is 13.8 Å². The summed E-state index contributed by atoms with van der Waals surface area (Å²) < 4.78 is 1.93. The van der Waals surface area contributed by atoms with Gasteiger partial charge in [-0.2, -0.15) is 0 Å². The summed E-state index contributed by atoms with van der Waals surface area (Å²) in [6.45, 7) is 4.07. The first-order chi connectivity index (χ1) is 8.04. The van der Waals surface area contributed by atoms with Crippen LogP contribution in [0.4, 0.5) is 0 Å². The van der Waals surface area contributed by atoms with E-state index in [1.807, 2.05) is 13.0 Å². The van der Waals surface area contributed by atoms with Gasteiger partial charge in [-0.25, -0.2) is 9.97 Å². The quantitative estimate of drug-likeness (QED) is 0.758. The van der Waals surface area contributed by atoms with Crippen LogP contribution in [0.25, 0.3) is 0 Å². The van der Waals surface area contributed by atoms with Crippen molar-refractivity contribution in [1.29, 1.82) is 0 Å². The summed E-state index contributed by atoms with van der Waals surface area (Å²) in [6, 6.07) is 6.11. The number of hydrogen-bond donors (Lipinski definition) is 0. The van der Waals surface area contributed by atoms with E-state index >= 15 is 0 Å². The molecule has 2 rings (SSSR count). The Morgan fingerprint density at radius 3 is 2.53 bits per heavy atom. The lowest BCUT2D eigenvalue weighted by molar-refractivity contribution is 1.03. The Bertz CT molecular complexity index is 538. The predicted octanol–water partition coefficient (Wildman–Crippen LogP) is 4.77. The summed E-state index contributed by atoms with van der Waals surface area (Å²) in [5.41, 5.74) is 2.24. The zero-order valence-corrected chi connectivity index (χ0v) is 13.4. The van der Waals surface area contributed by atoms with Crippen molar-refractivity contribution in [3.8, 4) is 0 Å². The van der Waals surface area contributed by atoms with Crippen molar-refractivity contribution in [3.05, 3.63) is 44.6 Å². The Labute approximate surface area is 122 Å². The molecular formula is C12H10Br2N2S. The van der Waals surface area contributed by atoms with E-state index in [9.17, 15) is 0 Å². The molecule has 2 aromatic heterocycles. The SMILES string of the molecule is Cc1cc(C)nc(Sc2ncc(Br)cc2Br)c1. The fourth-order valence-electron chi connectivity index (χ4n) is 1.43. The summed E-state index contributed by atoms with van der Waals surface area (Å²) in [5.74, 6) is 0. The zero-order valence-electron chi connectivity index (χ0n) is 9.37. The minimum Gasteiger partial charge on any atom is -0.247 e. The van der Waals surface area contributed by atoms with Crippen LogP contribution in [0.2, 0.25) is 0 Å². The van der Waals surface area contributed by atoms with Crippen molar-refractivity contribution in [2.75, 3.05) is 0 Å². The number of rotatable bonds is 2. The van der Waals surface area contributed by atoms with Gasteiger partial charge < -0.3 is 0 Å². The average molecular weight is 374 g/mol. The summed E-state index contributed by atoms with van der Waals surface area (Å²) in [5, 5.41) is 1.89. The minimum absolute atomic E-state index is 0.922. The minimum atomic E-state index is 0.922. The smallest absolute Gasteiger partial charge is 0.116 e. The molecule has 2 heterocycles. The molecule has 0 fully saturated rings. The maximum Gasteiger partial charge on any atom is 0.116 e. The second-order valence-corrected chi connectivity index (χ2v) is 6.45. The van der Waals surface area contributed by atoms with Crippen molar-refractivity contribution in [1.82, 2.24) is 9.97 Å². The number of hydrogen-bond acceptors (Lipinski definition) is 3. The van der Waals surface area contributed by atoms with E-state index in [-0.39, 0.29) is 0 Å². The van der Waals surface area contributed by atoms with Gasteiger partial charge in [-0.1, -0.05) is 0 Å². The Kier molecular flexibility index (Phi) is 4.22. The number of aromatic nitrogens is 2. The second kappa shape index (κ2) is 5.50. The van der Waals surface area contributed by atoms with Gasteiger partial charge >= 0.3 is 0 Å². The van der Waals surface area contributed by atoms with Crippen molar-refractivity contribution in [2.24, 2.45) is 0 Å². The van der Waals surface area contributed by atoms with Crippen molar-refractivity contribution >= 4 is 43.6 Å². The summed E-state index contributed by atoms with van der Waals surface area (Å²) in [7, 11) is 0. The highest BCUT2D eigenvalue weighted by molar-refractivity contribution is 9.11. The van der Waals surface area contributed by atoms with E-state index in [4.69, 9.17) is 0 Å². The molecule has 0 unspecified atom stereocenters. The number of pyridine rings is 2. The van der Waals surface area contributed by atoms with E-state index in [1.165, 1.54) is 5.56 Å². The molecular weight excluding hydrogens is 364 g/mol. The molecule has 0 saturated heterocycles. The van der Waals surface area contributed by atoms with E-state index in [0.717, 1.165) is 24.7 Å². The highest BCUT2D eigenvalue weighted by Crippen LogP contribution is 2.32. The van der Waals surface area contributed by atoms with Gasteiger partial charge in [-0.05, 0) is 81.2 Å². The first kappa shape index (κ1) is 13.1. The Balaban J connectivity index is 2.31. The van der Waals surface area contributed by atoms with Gasteiger partial charge in [0, 0.05) is 16.4 Å². The standard InChI is InChI=1S/C12H10Br2N2S/c1-7-3-8(2)16-11(4-7)17-12-10(14)5-9(13)6-15-12/h3-6H,1-2H3. The molecule has 5 heteroatoms. The molecule has 0 aliphatic carbocycles. The van der Waals surface area contributed by atoms with Crippen LogP contribution in [0.15, 0.2) is 43.4 Å². The van der Waals surface area contributed by atoms with Crippen molar-refractivity contribution in [2.45, 2.75) is 23.9 Å². The van der Waals surface area contributed by atoms with Crippen LogP contribution in [0.1, 0.15) is 11.3 Å². The molecule has 0 N–H and O–H groups in total. The molecule has 2 aromatic rings. The van der Waals surface area contributed by atoms with Crippen LogP contribution in [-0.4, -0.2) is 9.97 Å². The van der Waals surface area contributed by atoms with Crippen LogP contribution in [0.5, 0.6) is 0 Å². The van der Waals surface area contributed by atoms with Crippen LogP contribution in [-0.2, 0) is 0 Å². The molecule has 0 aromatic carbocycles. The summed E-state index contributed by atoms with van der Waals surface area (Å²) in [6.07, 6.45) is 1.79. The lowest BCUT2D eigenvalue weighted by Gasteiger charge is -2.05. The maximum atomic E-state index is 4.48. The summed E-state index contributed by atoms with van der Waals surface area (Å²) >= 11 is 8.45. The Morgan fingerprint density at radius 2 is 1.88 bits per heavy atom. The van der Waals surface area contributed by atoms with Crippen LogP contribution >= 0.6 is 43.6 Å². The third-order valence-electron chi connectivity index (χ3n) is 2.05. The number of aryl methyl sites for hydroxylation is 2. The fraction of sp³-hybridized carbons (Fsp3) is 0.167. The third kappa shape index (κ3) is 3.53. The van der Waals surface area contributed by atoms with Crippen LogP contribution < -0.4 is 0 Å². The molecule has 17 heavy (non-hydrogen) atoms. The monoisotopic (exact) mass is 372 g/mol. The zero-order chi connectivity index (χ0) is 12.4. The molecule has 2 nitrogen and oxygen atoms in total. The van der Waals surface area contributed by atoms with E-state index in [2.05, 4.69) is 60.9 Å². The molecule has 0 bridgehead atoms. The lowest BCUT2D eigenvalue weighted by Crippen LogP contribution is -1.88. The normalized spacial score (nSPS) is 10.6. The van der Waals surface area contributed by atoms with Gasteiger partial charge in [0.15, 0.2) is 0 Å². The highest BCUT2D eigenvalue weighted by atomic mass is 79.9. The molecule has 0 aliphatic heterocycles. The van der Waals surface area contributed by atoms with Gasteiger partial charge in [-0.3, -0.25) is 0 Å². The van der Waals surface area contributed by atoms with Gasteiger partial charge in [-0.15, -0.1) is 0 Å². The average Bonchev–Trinajstić information content (AvgIpc) is 2.21. The topological polar surface area (TPSA) is 25.8 Å². The molecule has 0 amide bonds. The second-order valence-electron chi connectivity index (χ2n) is 3.67. The predicted molar refractivity (Wildman–Crippen MR) is 77.5 cm³/mol. The lowest BCUT2D eigenvalue weighted by atomic mass is 10.3. The van der Waals surface area contributed by atoms with Crippen LogP contribution in [0.3, 0.4) is 0 Å². The largest absolute Gasteiger partial charge is 0.247 e.